The van der Waals surface area contributed by atoms with Crippen molar-refractivity contribution >= 4 is 15.7 Å². The molecule has 20 heavy (non-hydrogen) atoms. The first-order valence-corrected chi connectivity index (χ1v) is 7.06. The van der Waals surface area contributed by atoms with Gasteiger partial charge in [-0.25, -0.2) is 8.42 Å². The van der Waals surface area contributed by atoms with Crippen molar-refractivity contribution in [1.82, 2.24) is 0 Å². The van der Waals surface area contributed by atoms with Gasteiger partial charge in [0.1, 0.15) is 5.75 Å². The van der Waals surface area contributed by atoms with Crippen molar-refractivity contribution in [3.05, 3.63) is 36.3 Å². The van der Waals surface area contributed by atoms with Gasteiger partial charge in [-0.3, -0.25) is 4.31 Å². The van der Waals surface area contributed by atoms with Crippen molar-refractivity contribution in [3.8, 4) is 5.75 Å². The minimum absolute atomic E-state index is 0.120. The fourth-order valence-corrected chi connectivity index (χ4v) is 2.41. The Morgan fingerprint density at radius 1 is 1.30 bits per heavy atom. The molecule has 0 saturated heterocycles. The van der Waals surface area contributed by atoms with Gasteiger partial charge in [0.05, 0.1) is 19.2 Å². The van der Waals surface area contributed by atoms with E-state index in [1.54, 1.807) is 0 Å². The van der Waals surface area contributed by atoms with Gasteiger partial charge in [0.2, 0.25) is 0 Å². The zero-order chi connectivity index (χ0) is 15.4. The number of methoxy groups -OCH3 is 1. The lowest BCUT2D eigenvalue weighted by Crippen LogP contribution is -2.32. The van der Waals surface area contributed by atoms with Crippen LogP contribution in [0.4, 0.5) is 18.9 Å². The van der Waals surface area contributed by atoms with Gasteiger partial charge in [-0.05, 0) is 24.3 Å². The van der Waals surface area contributed by atoms with Crippen LogP contribution in [0.3, 0.4) is 0 Å². The molecule has 0 amide bonds. The predicted octanol–water partition coefficient (Wildman–Crippen LogP) is 2.93. The molecule has 0 radical (unpaired) electrons. The maximum Gasteiger partial charge on any atom is 0.390 e. The third-order valence-electron chi connectivity index (χ3n) is 2.48. The Kier molecular flexibility index (Phi) is 5.04. The van der Waals surface area contributed by atoms with Crippen LogP contribution in [0.5, 0.6) is 5.75 Å². The van der Waals surface area contributed by atoms with Crippen LogP contribution < -0.4 is 9.04 Å². The molecule has 1 aromatic rings. The van der Waals surface area contributed by atoms with E-state index in [9.17, 15) is 21.6 Å². The summed E-state index contributed by atoms with van der Waals surface area (Å²) < 4.78 is 66.0. The van der Waals surface area contributed by atoms with Crippen molar-refractivity contribution in [3.63, 3.8) is 0 Å². The zero-order valence-electron chi connectivity index (χ0n) is 10.7. The molecule has 0 heterocycles. The van der Waals surface area contributed by atoms with E-state index in [1.807, 2.05) is 0 Å². The summed E-state index contributed by atoms with van der Waals surface area (Å²) in [6.45, 7) is 2.42. The Morgan fingerprint density at radius 3 is 2.25 bits per heavy atom. The summed E-state index contributed by atoms with van der Waals surface area (Å²) in [4.78, 5) is 0. The molecule has 4 nitrogen and oxygen atoms in total. The molecule has 0 aliphatic heterocycles. The quantitative estimate of drug-likeness (QED) is 0.811. The van der Waals surface area contributed by atoms with Gasteiger partial charge in [0.15, 0.2) is 0 Å². The van der Waals surface area contributed by atoms with E-state index in [4.69, 9.17) is 4.74 Å². The van der Waals surface area contributed by atoms with Gasteiger partial charge in [0.25, 0.3) is 10.0 Å². The average molecular weight is 309 g/mol. The molecule has 0 bridgehead atoms. The minimum atomic E-state index is -4.44. The summed E-state index contributed by atoms with van der Waals surface area (Å²) in [6.07, 6.45) is -5.69. The smallest absolute Gasteiger partial charge is 0.390 e. The molecule has 0 spiro atoms. The highest BCUT2D eigenvalue weighted by molar-refractivity contribution is 7.95. The number of rotatable bonds is 6. The molecule has 1 aromatic carbocycles. The SMILES string of the molecule is C=CS(=O)(=O)N(CCC(F)(F)F)c1ccc(OC)cc1. The Hall–Kier alpha value is -1.70. The number of halogens is 3. The monoisotopic (exact) mass is 309 g/mol. The van der Waals surface area contributed by atoms with Crippen molar-refractivity contribution < 1.29 is 26.3 Å². The molecule has 0 saturated carbocycles. The van der Waals surface area contributed by atoms with E-state index >= 15 is 0 Å². The second kappa shape index (κ2) is 6.17. The number of ether oxygens (including phenoxy) is 1. The van der Waals surface area contributed by atoms with Gasteiger partial charge in [0, 0.05) is 12.0 Å². The fraction of sp³-hybridized carbons (Fsp3) is 0.333. The van der Waals surface area contributed by atoms with Crippen LogP contribution >= 0.6 is 0 Å². The number of nitrogens with zero attached hydrogens (tertiary/aromatic N) is 1. The number of sulfonamides is 1. The van der Waals surface area contributed by atoms with Crippen LogP contribution in [-0.4, -0.2) is 28.2 Å². The van der Waals surface area contributed by atoms with Crippen molar-refractivity contribution in [2.75, 3.05) is 18.0 Å². The molecule has 0 fully saturated rings. The second-order valence-corrected chi connectivity index (χ2v) is 5.65. The number of anilines is 1. The van der Waals surface area contributed by atoms with Gasteiger partial charge < -0.3 is 4.74 Å². The Balaban J connectivity index is 3.06. The molecule has 112 valence electrons. The Bertz CT molecular complexity index is 552. The molecule has 1 rings (SSSR count). The molecular formula is C12H14F3NO3S. The number of hydrogen-bond donors (Lipinski definition) is 0. The van der Waals surface area contributed by atoms with Crippen molar-refractivity contribution in [2.24, 2.45) is 0 Å². The maximum atomic E-state index is 12.3. The zero-order valence-corrected chi connectivity index (χ0v) is 11.5. The molecule has 0 atom stereocenters. The van der Waals surface area contributed by atoms with Crippen LogP contribution in [0, 0.1) is 0 Å². The molecule has 0 aliphatic carbocycles. The normalized spacial score (nSPS) is 12.0. The summed E-state index contributed by atoms with van der Waals surface area (Å²) in [5.74, 6) is 0.473. The highest BCUT2D eigenvalue weighted by Gasteiger charge is 2.30. The van der Waals surface area contributed by atoms with E-state index in [0.717, 1.165) is 0 Å². The first-order chi connectivity index (χ1) is 9.19. The molecule has 0 aromatic heterocycles. The summed E-state index contributed by atoms with van der Waals surface area (Å²) in [6, 6.07) is 5.68. The molecular weight excluding hydrogens is 295 g/mol. The fourth-order valence-electron chi connectivity index (χ4n) is 1.47. The highest BCUT2D eigenvalue weighted by atomic mass is 32.2. The van der Waals surface area contributed by atoms with Gasteiger partial charge in [-0.15, -0.1) is 0 Å². The molecule has 0 unspecified atom stereocenters. The largest absolute Gasteiger partial charge is 0.497 e. The molecule has 0 N–H and O–H groups in total. The average Bonchev–Trinajstić information content (AvgIpc) is 2.38. The lowest BCUT2D eigenvalue weighted by atomic mass is 10.3. The first kappa shape index (κ1) is 16.4. The molecule has 8 heteroatoms. The van der Waals surface area contributed by atoms with Crippen LogP contribution in [-0.2, 0) is 10.0 Å². The molecule has 0 aliphatic rings. The van der Waals surface area contributed by atoms with Crippen LogP contribution in [0.15, 0.2) is 36.3 Å². The first-order valence-electron chi connectivity index (χ1n) is 5.55. The Morgan fingerprint density at radius 2 is 1.85 bits per heavy atom. The highest BCUT2D eigenvalue weighted by Crippen LogP contribution is 2.26. The second-order valence-electron chi connectivity index (χ2n) is 3.85. The van der Waals surface area contributed by atoms with E-state index in [-0.39, 0.29) is 5.69 Å². The summed E-state index contributed by atoms with van der Waals surface area (Å²) in [5, 5.41) is 0.619. The number of hydrogen-bond acceptors (Lipinski definition) is 3. The van der Waals surface area contributed by atoms with Crippen LogP contribution in [0.2, 0.25) is 0 Å². The van der Waals surface area contributed by atoms with Gasteiger partial charge >= 0.3 is 6.18 Å². The van der Waals surface area contributed by atoms with E-state index in [1.165, 1.54) is 31.4 Å². The van der Waals surface area contributed by atoms with Crippen molar-refractivity contribution in [2.45, 2.75) is 12.6 Å². The number of alkyl halides is 3. The third-order valence-corrected chi connectivity index (χ3v) is 3.91. The lowest BCUT2D eigenvalue weighted by Gasteiger charge is -2.23. The third kappa shape index (κ3) is 4.44. The van der Waals surface area contributed by atoms with E-state index in [2.05, 4.69) is 6.58 Å². The standard InChI is InChI=1S/C12H14F3NO3S/c1-3-20(17,18)16(9-8-12(13,14)15)10-4-6-11(19-2)7-5-10/h3-7H,1,8-9H2,2H3. The lowest BCUT2D eigenvalue weighted by molar-refractivity contribution is -0.131. The summed E-state index contributed by atoms with van der Waals surface area (Å²) in [7, 11) is -2.57. The topological polar surface area (TPSA) is 46.6 Å². The van der Waals surface area contributed by atoms with Crippen LogP contribution in [0.1, 0.15) is 6.42 Å². The van der Waals surface area contributed by atoms with E-state index in [0.29, 0.717) is 15.5 Å². The minimum Gasteiger partial charge on any atom is -0.497 e. The van der Waals surface area contributed by atoms with E-state index < -0.39 is 29.2 Å². The summed E-state index contributed by atoms with van der Waals surface area (Å²) in [5.41, 5.74) is 0.120. The predicted molar refractivity (Wildman–Crippen MR) is 70.1 cm³/mol. The summed E-state index contributed by atoms with van der Waals surface area (Å²) >= 11 is 0. The number of benzene rings is 1. The van der Waals surface area contributed by atoms with Gasteiger partial charge in [-0.2, -0.15) is 13.2 Å². The Labute approximate surface area is 115 Å². The van der Waals surface area contributed by atoms with Crippen molar-refractivity contribution in [1.29, 1.82) is 0 Å². The van der Waals surface area contributed by atoms with Gasteiger partial charge in [-0.1, -0.05) is 6.58 Å². The van der Waals surface area contributed by atoms with Crippen LogP contribution in [0.25, 0.3) is 0 Å². The maximum absolute atomic E-state index is 12.3.